The number of furan rings is 1. The van der Waals surface area contributed by atoms with Gasteiger partial charge in [-0.2, -0.15) is 0 Å². The van der Waals surface area contributed by atoms with E-state index in [0.717, 1.165) is 5.76 Å². The normalized spacial score (nSPS) is 12.3. The molecule has 90 valence electrons. The number of hydrogen-bond acceptors (Lipinski definition) is 5. The van der Waals surface area contributed by atoms with Crippen molar-refractivity contribution in [2.45, 2.75) is 19.4 Å². The second-order valence-corrected chi connectivity index (χ2v) is 4.55. The van der Waals surface area contributed by atoms with Crippen LogP contribution in [0.3, 0.4) is 0 Å². The number of thiazole rings is 1. The van der Waals surface area contributed by atoms with E-state index in [9.17, 15) is 4.79 Å². The minimum Gasteiger partial charge on any atom is -0.467 e. The van der Waals surface area contributed by atoms with E-state index in [2.05, 4.69) is 10.3 Å². The van der Waals surface area contributed by atoms with Gasteiger partial charge in [-0.1, -0.05) is 0 Å². The molecule has 0 aromatic carbocycles. The fraction of sp³-hybridized carbons (Fsp3) is 0.273. The Morgan fingerprint density at radius 1 is 1.71 bits per heavy atom. The fourth-order valence-corrected chi connectivity index (χ4v) is 2.03. The summed E-state index contributed by atoms with van der Waals surface area (Å²) in [6.07, 6.45) is 1.82. The Morgan fingerprint density at radius 2 is 2.53 bits per heavy atom. The number of carbonyl (C=O) groups excluding carboxylic acids is 1. The highest BCUT2D eigenvalue weighted by atomic mass is 32.1. The molecule has 0 saturated carbocycles. The van der Waals surface area contributed by atoms with Gasteiger partial charge in [-0.3, -0.25) is 4.79 Å². The maximum atomic E-state index is 11.7. The van der Waals surface area contributed by atoms with E-state index in [4.69, 9.17) is 10.2 Å². The monoisotopic (exact) mass is 251 g/mol. The number of nitrogens with zero attached hydrogens (tertiary/aromatic N) is 1. The standard InChI is InChI=1S/C11H13N3O2S/c1-7(9-3-2-4-16-9)13-10(15)5-8-6-17-11(12)14-8/h2-4,6-7H,5H2,1H3,(H2,12,14)(H,13,15)/t7-/m1/s1. The van der Waals surface area contributed by atoms with Crippen molar-refractivity contribution in [1.29, 1.82) is 0 Å². The van der Waals surface area contributed by atoms with Crippen LogP contribution in [-0.2, 0) is 11.2 Å². The van der Waals surface area contributed by atoms with Gasteiger partial charge < -0.3 is 15.5 Å². The van der Waals surface area contributed by atoms with Gasteiger partial charge >= 0.3 is 0 Å². The first-order chi connectivity index (χ1) is 8.15. The number of rotatable bonds is 4. The van der Waals surface area contributed by atoms with Crippen LogP contribution in [0.4, 0.5) is 5.13 Å². The first-order valence-corrected chi connectivity index (χ1v) is 6.06. The van der Waals surface area contributed by atoms with Crippen LogP contribution >= 0.6 is 11.3 Å². The number of nitrogens with one attached hydrogen (secondary N) is 1. The fourth-order valence-electron chi connectivity index (χ4n) is 1.47. The third-order valence-electron chi connectivity index (χ3n) is 2.26. The lowest BCUT2D eigenvalue weighted by Gasteiger charge is -2.10. The Morgan fingerprint density at radius 3 is 3.12 bits per heavy atom. The highest BCUT2D eigenvalue weighted by molar-refractivity contribution is 7.13. The average molecular weight is 251 g/mol. The molecule has 2 aromatic rings. The number of aromatic nitrogens is 1. The highest BCUT2D eigenvalue weighted by Crippen LogP contribution is 2.14. The maximum absolute atomic E-state index is 11.7. The van der Waals surface area contributed by atoms with Crippen molar-refractivity contribution in [2.24, 2.45) is 0 Å². The topological polar surface area (TPSA) is 81.2 Å². The van der Waals surface area contributed by atoms with Crippen molar-refractivity contribution in [3.63, 3.8) is 0 Å². The lowest BCUT2D eigenvalue weighted by molar-refractivity contribution is -0.121. The molecule has 0 radical (unpaired) electrons. The van der Waals surface area contributed by atoms with Gasteiger partial charge in [-0.15, -0.1) is 11.3 Å². The summed E-state index contributed by atoms with van der Waals surface area (Å²) in [5.41, 5.74) is 6.18. The van der Waals surface area contributed by atoms with Gasteiger partial charge in [0.25, 0.3) is 0 Å². The predicted molar refractivity (Wildman–Crippen MR) is 65.5 cm³/mol. The number of nitrogen functional groups attached to an aromatic ring is 1. The molecule has 6 heteroatoms. The molecule has 17 heavy (non-hydrogen) atoms. The van der Waals surface area contributed by atoms with E-state index in [-0.39, 0.29) is 18.4 Å². The largest absolute Gasteiger partial charge is 0.467 e. The molecule has 0 unspecified atom stereocenters. The molecular formula is C11H13N3O2S. The van der Waals surface area contributed by atoms with Crippen LogP contribution in [0.25, 0.3) is 0 Å². The lowest BCUT2D eigenvalue weighted by atomic mass is 10.2. The van der Waals surface area contributed by atoms with Crippen LogP contribution in [0.5, 0.6) is 0 Å². The Kier molecular flexibility index (Phi) is 3.43. The van der Waals surface area contributed by atoms with E-state index in [0.29, 0.717) is 10.8 Å². The lowest BCUT2D eigenvalue weighted by Crippen LogP contribution is -2.27. The molecule has 0 saturated heterocycles. The van der Waals surface area contributed by atoms with Gasteiger partial charge in [0, 0.05) is 5.38 Å². The van der Waals surface area contributed by atoms with Crippen molar-refractivity contribution >= 4 is 22.4 Å². The first-order valence-electron chi connectivity index (χ1n) is 5.18. The number of amides is 1. The van der Waals surface area contributed by atoms with Crippen LogP contribution < -0.4 is 11.1 Å². The van der Waals surface area contributed by atoms with Gasteiger partial charge in [0.15, 0.2) is 5.13 Å². The van der Waals surface area contributed by atoms with Crippen LogP contribution in [0.1, 0.15) is 24.4 Å². The molecular weight excluding hydrogens is 238 g/mol. The second-order valence-electron chi connectivity index (χ2n) is 3.66. The molecule has 2 aromatic heterocycles. The molecule has 0 aliphatic heterocycles. The second kappa shape index (κ2) is 5.01. The van der Waals surface area contributed by atoms with E-state index < -0.39 is 0 Å². The van der Waals surface area contributed by atoms with E-state index in [1.54, 1.807) is 17.7 Å². The summed E-state index contributed by atoms with van der Waals surface area (Å²) < 4.78 is 5.20. The van der Waals surface area contributed by atoms with Crippen LogP contribution in [0, 0.1) is 0 Å². The van der Waals surface area contributed by atoms with Crippen molar-refractivity contribution in [2.75, 3.05) is 5.73 Å². The molecule has 1 amide bonds. The van der Waals surface area contributed by atoms with Gasteiger partial charge in [-0.05, 0) is 19.1 Å². The zero-order valence-corrected chi connectivity index (χ0v) is 10.2. The number of anilines is 1. The van der Waals surface area contributed by atoms with Crippen molar-refractivity contribution in [3.8, 4) is 0 Å². The summed E-state index contributed by atoms with van der Waals surface area (Å²) in [4.78, 5) is 15.7. The molecule has 5 nitrogen and oxygen atoms in total. The van der Waals surface area contributed by atoms with E-state index in [1.165, 1.54) is 11.3 Å². The molecule has 0 aliphatic rings. The molecule has 3 N–H and O–H groups in total. The maximum Gasteiger partial charge on any atom is 0.226 e. The molecule has 0 aliphatic carbocycles. The minimum absolute atomic E-state index is 0.0980. The van der Waals surface area contributed by atoms with Crippen LogP contribution in [0.2, 0.25) is 0 Å². The summed E-state index contributed by atoms with van der Waals surface area (Å²) in [6, 6.07) is 3.47. The molecule has 0 bridgehead atoms. The Labute approximate surface area is 103 Å². The Bertz CT molecular complexity index is 493. The zero-order valence-electron chi connectivity index (χ0n) is 9.34. The number of carbonyl (C=O) groups is 1. The quantitative estimate of drug-likeness (QED) is 0.867. The van der Waals surface area contributed by atoms with Crippen molar-refractivity contribution < 1.29 is 9.21 Å². The van der Waals surface area contributed by atoms with Crippen LogP contribution in [0.15, 0.2) is 28.2 Å². The number of hydrogen-bond donors (Lipinski definition) is 2. The highest BCUT2D eigenvalue weighted by Gasteiger charge is 2.13. The van der Waals surface area contributed by atoms with Gasteiger partial charge in [-0.25, -0.2) is 4.98 Å². The molecule has 0 spiro atoms. The Balaban J connectivity index is 1.89. The molecule has 2 heterocycles. The number of nitrogens with two attached hydrogens (primary N) is 1. The van der Waals surface area contributed by atoms with Crippen LogP contribution in [-0.4, -0.2) is 10.9 Å². The third-order valence-corrected chi connectivity index (χ3v) is 2.98. The summed E-state index contributed by atoms with van der Waals surface area (Å²) >= 11 is 1.33. The SMILES string of the molecule is C[C@@H](NC(=O)Cc1csc(N)n1)c1ccco1. The minimum atomic E-state index is -0.145. The predicted octanol–water partition coefficient (Wildman–Crippen LogP) is 1.74. The molecule has 0 fully saturated rings. The van der Waals surface area contributed by atoms with Gasteiger partial charge in [0.1, 0.15) is 5.76 Å². The third kappa shape index (κ3) is 3.07. The first kappa shape index (κ1) is 11.7. The van der Waals surface area contributed by atoms with Crippen molar-refractivity contribution in [3.05, 3.63) is 35.2 Å². The average Bonchev–Trinajstić information content (AvgIpc) is 2.89. The molecule has 1 atom stereocenters. The summed E-state index contributed by atoms with van der Waals surface area (Å²) in [6.45, 7) is 1.87. The smallest absolute Gasteiger partial charge is 0.226 e. The summed E-state index contributed by atoms with van der Waals surface area (Å²) in [5.74, 6) is 0.635. The van der Waals surface area contributed by atoms with Gasteiger partial charge in [0.2, 0.25) is 5.91 Å². The van der Waals surface area contributed by atoms with E-state index in [1.807, 2.05) is 13.0 Å². The Hall–Kier alpha value is -1.82. The molecule has 2 rings (SSSR count). The zero-order chi connectivity index (χ0) is 12.3. The van der Waals surface area contributed by atoms with Gasteiger partial charge in [0.05, 0.1) is 24.4 Å². The summed E-state index contributed by atoms with van der Waals surface area (Å²) in [7, 11) is 0. The summed E-state index contributed by atoms with van der Waals surface area (Å²) in [5, 5.41) is 5.09. The van der Waals surface area contributed by atoms with E-state index >= 15 is 0 Å². The van der Waals surface area contributed by atoms with Crippen molar-refractivity contribution in [1.82, 2.24) is 10.3 Å².